The van der Waals surface area contributed by atoms with Crippen LogP contribution in [0.2, 0.25) is 0 Å². The fraction of sp³-hybridized carbons (Fsp3) is 0.0769. The van der Waals surface area contributed by atoms with Gasteiger partial charge in [0.05, 0.1) is 0 Å². The maximum Gasteiger partial charge on any atom is 0.123 e. The summed E-state index contributed by atoms with van der Waals surface area (Å²) < 4.78 is 0. The molecule has 0 aliphatic heterocycles. The van der Waals surface area contributed by atoms with Crippen LogP contribution in [0.15, 0.2) is 42.5 Å². The van der Waals surface area contributed by atoms with Crippen molar-refractivity contribution in [2.75, 3.05) is 12.4 Å². The van der Waals surface area contributed by atoms with Crippen LogP contribution in [0.4, 0.5) is 5.69 Å². The number of aromatic hydroxyl groups is 2. The number of hydrogen-bond acceptors (Lipinski definition) is 3. The maximum absolute atomic E-state index is 9.69. The molecule has 0 amide bonds. The van der Waals surface area contributed by atoms with Crippen molar-refractivity contribution in [1.82, 2.24) is 0 Å². The van der Waals surface area contributed by atoms with E-state index < -0.39 is 0 Å². The van der Waals surface area contributed by atoms with Crippen molar-refractivity contribution in [3.63, 3.8) is 0 Å². The molecule has 0 heterocycles. The minimum atomic E-state index is 0.144. The van der Waals surface area contributed by atoms with Gasteiger partial charge < -0.3 is 15.5 Å². The van der Waals surface area contributed by atoms with Crippen LogP contribution in [0.1, 0.15) is 0 Å². The Morgan fingerprint density at radius 2 is 1.62 bits per heavy atom. The van der Waals surface area contributed by atoms with Gasteiger partial charge in [-0.15, -0.1) is 0 Å². The Balaban J connectivity index is 2.45. The highest BCUT2D eigenvalue weighted by molar-refractivity contribution is 5.72. The summed E-state index contributed by atoms with van der Waals surface area (Å²) >= 11 is 0. The topological polar surface area (TPSA) is 52.5 Å². The average molecular weight is 215 g/mol. The van der Waals surface area contributed by atoms with Gasteiger partial charge in [0.25, 0.3) is 0 Å². The predicted molar refractivity (Wildman–Crippen MR) is 64.8 cm³/mol. The van der Waals surface area contributed by atoms with Gasteiger partial charge >= 0.3 is 0 Å². The third-order valence-electron chi connectivity index (χ3n) is 2.46. The molecule has 0 saturated heterocycles. The Labute approximate surface area is 94.0 Å². The molecule has 0 aliphatic rings. The summed E-state index contributed by atoms with van der Waals surface area (Å²) in [5.41, 5.74) is 2.50. The van der Waals surface area contributed by atoms with Crippen LogP contribution < -0.4 is 5.32 Å². The maximum atomic E-state index is 9.69. The van der Waals surface area contributed by atoms with Crippen molar-refractivity contribution in [2.24, 2.45) is 0 Å². The lowest BCUT2D eigenvalue weighted by molar-refractivity contribution is 0.462. The number of nitrogens with one attached hydrogen (secondary N) is 1. The van der Waals surface area contributed by atoms with Crippen LogP contribution in [0.3, 0.4) is 0 Å². The van der Waals surface area contributed by atoms with E-state index in [-0.39, 0.29) is 11.5 Å². The molecule has 2 aromatic carbocycles. The Morgan fingerprint density at radius 3 is 2.25 bits per heavy atom. The minimum absolute atomic E-state index is 0.144. The highest BCUT2D eigenvalue weighted by Gasteiger charge is 2.04. The van der Waals surface area contributed by atoms with E-state index in [1.54, 1.807) is 6.07 Å². The second-order valence-electron chi connectivity index (χ2n) is 3.53. The van der Waals surface area contributed by atoms with E-state index >= 15 is 0 Å². The summed E-state index contributed by atoms with van der Waals surface area (Å²) in [4.78, 5) is 0. The molecule has 0 saturated carbocycles. The lowest BCUT2D eigenvalue weighted by atomic mass is 10.0. The van der Waals surface area contributed by atoms with E-state index in [1.165, 1.54) is 12.1 Å². The number of rotatable bonds is 2. The van der Waals surface area contributed by atoms with Crippen molar-refractivity contribution < 1.29 is 10.2 Å². The Hall–Kier alpha value is -2.16. The standard InChI is InChI=1S/C13H13NO2/c1-14-10-4-2-9(3-5-10)12-8-11(15)6-7-13(12)16/h2-8,14-16H,1H3. The highest BCUT2D eigenvalue weighted by atomic mass is 16.3. The van der Waals surface area contributed by atoms with Crippen LogP contribution >= 0.6 is 0 Å². The second-order valence-corrected chi connectivity index (χ2v) is 3.53. The summed E-state index contributed by atoms with van der Waals surface area (Å²) in [5, 5.41) is 22.1. The van der Waals surface area contributed by atoms with Crippen LogP contribution in [0.5, 0.6) is 11.5 Å². The van der Waals surface area contributed by atoms with Gasteiger partial charge in [0, 0.05) is 18.3 Å². The molecule has 0 atom stereocenters. The van der Waals surface area contributed by atoms with E-state index in [9.17, 15) is 10.2 Å². The molecule has 16 heavy (non-hydrogen) atoms. The van der Waals surface area contributed by atoms with Gasteiger partial charge in [0.1, 0.15) is 11.5 Å². The average Bonchev–Trinajstić information content (AvgIpc) is 2.32. The zero-order chi connectivity index (χ0) is 11.5. The summed E-state index contributed by atoms with van der Waals surface area (Å²) in [5.74, 6) is 0.306. The summed E-state index contributed by atoms with van der Waals surface area (Å²) in [6, 6.07) is 12.1. The number of benzene rings is 2. The van der Waals surface area contributed by atoms with Crippen LogP contribution in [0, 0.1) is 0 Å². The first-order valence-corrected chi connectivity index (χ1v) is 5.01. The molecule has 0 fully saturated rings. The third-order valence-corrected chi connectivity index (χ3v) is 2.46. The van der Waals surface area contributed by atoms with Gasteiger partial charge in [-0.25, -0.2) is 0 Å². The normalized spacial score (nSPS) is 10.1. The van der Waals surface area contributed by atoms with E-state index in [4.69, 9.17) is 0 Å². The van der Waals surface area contributed by atoms with Gasteiger partial charge in [-0.2, -0.15) is 0 Å². The fourth-order valence-electron chi connectivity index (χ4n) is 1.57. The molecule has 0 spiro atoms. The molecule has 0 bridgehead atoms. The molecule has 0 aromatic heterocycles. The number of hydrogen-bond donors (Lipinski definition) is 3. The molecule has 3 heteroatoms. The molecular formula is C13H13NO2. The smallest absolute Gasteiger partial charge is 0.123 e. The SMILES string of the molecule is CNc1ccc(-c2cc(O)ccc2O)cc1. The fourth-order valence-corrected chi connectivity index (χ4v) is 1.57. The molecule has 0 unspecified atom stereocenters. The van der Waals surface area contributed by atoms with Gasteiger partial charge in [-0.3, -0.25) is 0 Å². The first kappa shape index (κ1) is 10.4. The molecule has 2 rings (SSSR count). The van der Waals surface area contributed by atoms with Crippen molar-refractivity contribution in [1.29, 1.82) is 0 Å². The Kier molecular flexibility index (Phi) is 2.68. The summed E-state index contributed by atoms with van der Waals surface area (Å²) in [6.07, 6.45) is 0. The largest absolute Gasteiger partial charge is 0.508 e. The van der Waals surface area contributed by atoms with Crippen LogP contribution in [-0.2, 0) is 0 Å². The molecule has 3 nitrogen and oxygen atoms in total. The lowest BCUT2D eigenvalue weighted by Crippen LogP contribution is -1.87. The van der Waals surface area contributed by atoms with Crippen molar-refractivity contribution >= 4 is 5.69 Å². The van der Waals surface area contributed by atoms with E-state index in [2.05, 4.69) is 5.32 Å². The van der Waals surface area contributed by atoms with Gasteiger partial charge in [0.2, 0.25) is 0 Å². The zero-order valence-electron chi connectivity index (χ0n) is 8.94. The van der Waals surface area contributed by atoms with Crippen LogP contribution in [0.25, 0.3) is 11.1 Å². The zero-order valence-corrected chi connectivity index (χ0v) is 8.94. The van der Waals surface area contributed by atoms with Crippen molar-refractivity contribution in [3.8, 4) is 22.6 Å². The van der Waals surface area contributed by atoms with Gasteiger partial charge in [-0.1, -0.05) is 12.1 Å². The molecule has 3 N–H and O–H groups in total. The van der Waals surface area contributed by atoms with Crippen molar-refractivity contribution in [3.05, 3.63) is 42.5 Å². The molecular weight excluding hydrogens is 202 g/mol. The number of anilines is 1. The molecule has 0 radical (unpaired) electrons. The summed E-state index contributed by atoms with van der Waals surface area (Å²) in [6.45, 7) is 0. The second kappa shape index (κ2) is 4.14. The quantitative estimate of drug-likeness (QED) is 0.675. The first-order chi connectivity index (χ1) is 7.70. The Bertz CT molecular complexity index is 492. The molecule has 0 aliphatic carbocycles. The van der Waals surface area contributed by atoms with Gasteiger partial charge in [-0.05, 0) is 35.9 Å². The number of phenolic OH excluding ortho intramolecular Hbond substituents is 2. The third kappa shape index (κ3) is 1.93. The number of phenols is 2. The summed E-state index contributed by atoms with van der Waals surface area (Å²) in [7, 11) is 1.85. The van der Waals surface area contributed by atoms with Crippen LogP contribution in [-0.4, -0.2) is 17.3 Å². The van der Waals surface area contributed by atoms with E-state index in [0.29, 0.717) is 5.56 Å². The Morgan fingerprint density at radius 1 is 0.938 bits per heavy atom. The first-order valence-electron chi connectivity index (χ1n) is 5.01. The van der Waals surface area contributed by atoms with Crippen molar-refractivity contribution in [2.45, 2.75) is 0 Å². The lowest BCUT2D eigenvalue weighted by Gasteiger charge is -2.06. The predicted octanol–water partition coefficient (Wildman–Crippen LogP) is 2.81. The van der Waals surface area contributed by atoms with Gasteiger partial charge in [0.15, 0.2) is 0 Å². The highest BCUT2D eigenvalue weighted by Crippen LogP contribution is 2.32. The monoisotopic (exact) mass is 215 g/mol. The van der Waals surface area contributed by atoms with E-state index in [1.807, 2.05) is 31.3 Å². The molecule has 82 valence electrons. The molecule has 2 aromatic rings. The van der Waals surface area contributed by atoms with E-state index in [0.717, 1.165) is 11.3 Å². The minimum Gasteiger partial charge on any atom is -0.508 e.